The van der Waals surface area contributed by atoms with Gasteiger partial charge in [0, 0.05) is 16.1 Å². The van der Waals surface area contributed by atoms with Crippen LogP contribution in [0.15, 0.2) is 53.4 Å². The Kier molecular flexibility index (Phi) is 5.04. The summed E-state index contributed by atoms with van der Waals surface area (Å²) in [5, 5.41) is 5.32. The summed E-state index contributed by atoms with van der Waals surface area (Å²) in [4.78, 5) is 38.3. The molecule has 1 aliphatic rings. The van der Waals surface area contributed by atoms with Crippen LogP contribution in [0.4, 0.5) is 10.5 Å². The Balaban J connectivity index is 1.78. The molecule has 0 saturated carbocycles. The number of urea groups is 1. The minimum Gasteiger partial charge on any atom is -0.329 e. The van der Waals surface area contributed by atoms with Crippen molar-refractivity contribution < 1.29 is 14.4 Å². The molecule has 7 heteroatoms. The third kappa shape index (κ3) is 3.83. The smallest absolute Gasteiger partial charge is 0.324 e. The van der Waals surface area contributed by atoms with Crippen molar-refractivity contribution in [1.82, 2.24) is 10.2 Å². The van der Waals surface area contributed by atoms with Crippen LogP contribution >= 0.6 is 11.8 Å². The first-order chi connectivity index (χ1) is 12.1. The van der Waals surface area contributed by atoms with E-state index in [9.17, 15) is 14.4 Å². The van der Waals surface area contributed by atoms with Gasteiger partial charge in [0.15, 0.2) is 0 Å². The number of amides is 4. The molecule has 0 radical (unpaired) electrons. The maximum Gasteiger partial charge on any atom is 0.324 e. The molecule has 3 rings (SSSR count). The molecule has 4 amide bonds. The van der Waals surface area contributed by atoms with Crippen LogP contribution in [0.1, 0.15) is 15.9 Å². The van der Waals surface area contributed by atoms with Crippen LogP contribution in [0.5, 0.6) is 0 Å². The Hall–Kier alpha value is -2.80. The summed E-state index contributed by atoms with van der Waals surface area (Å²) < 4.78 is 0. The molecule has 0 atom stereocenters. The second-order valence-corrected chi connectivity index (χ2v) is 6.36. The van der Waals surface area contributed by atoms with Crippen molar-refractivity contribution in [3.8, 4) is 0 Å². The minimum atomic E-state index is -0.437. The second kappa shape index (κ2) is 7.40. The molecule has 0 aliphatic carbocycles. The van der Waals surface area contributed by atoms with Crippen LogP contribution in [0.2, 0.25) is 0 Å². The third-order valence-corrected chi connectivity index (χ3v) is 4.62. The average Bonchev–Trinajstić information content (AvgIpc) is 2.95. The van der Waals surface area contributed by atoms with E-state index in [4.69, 9.17) is 0 Å². The Morgan fingerprint density at radius 1 is 1.16 bits per heavy atom. The molecule has 2 aromatic rings. The van der Waals surface area contributed by atoms with E-state index in [1.54, 1.807) is 36.0 Å². The van der Waals surface area contributed by atoms with Crippen molar-refractivity contribution in [1.29, 1.82) is 0 Å². The number of hydrogen-bond donors (Lipinski definition) is 2. The fraction of sp³-hybridized carbons (Fsp3) is 0.167. The van der Waals surface area contributed by atoms with Crippen molar-refractivity contribution in [2.75, 3.05) is 18.1 Å². The molecule has 25 heavy (non-hydrogen) atoms. The van der Waals surface area contributed by atoms with Gasteiger partial charge in [-0.15, -0.1) is 11.8 Å². The van der Waals surface area contributed by atoms with E-state index in [2.05, 4.69) is 10.6 Å². The molecular weight excluding hydrogens is 338 g/mol. The maximum atomic E-state index is 12.6. The molecule has 0 unspecified atom stereocenters. The van der Waals surface area contributed by atoms with Gasteiger partial charge >= 0.3 is 6.03 Å². The van der Waals surface area contributed by atoms with E-state index in [0.717, 1.165) is 9.80 Å². The Morgan fingerprint density at radius 2 is 1.88 bits per heavy atom. The summed E-state index contributed by atoms with van der Waals surface area (Å²) in [5.74, 6) is -0.576. The van der Waals surface area contributed by atoms with Crippen LogP contribution in [-0.2, 0) is 11.3 Å². The molecule has 0 aromatic heterocycles. The molecular formula is C18H17N3O3S. The summed E-state index contributed by atoms with van der Waals surface area (Å²) in [6.45, 7) is 0.0641. The number of rotatable bonds is 5. The van der Waals surface area contributed by atoms with Crippen LogP contribution < -0.4 is 10.6 Å². The van der Waals surface area contributed by atoms with Crippen molar-refractivity contribution >= 4 is 35.3 Å². The first-order valence-electron chi connectivity index (χ1n) is 7.70. The van der Waals surface area contributed by atoms with Gasteiger partial charge < -0.3 is 10.6 Å². The fourth-order valence-corrected chi connectivity index (χ4v) is 2.95. The van der Waals surface area contributed by atoms with Gasteiger partial charge in [0.2, 0.25) is 5.91 Å². The molecule has 0 bridgehead atoms. The number of anilines is 1. The van der Waals surface area contributed by atoms with E-state index < -0.39 is 6.03 Å². The van der Waals surface area contributed by atoms with Gasteiger partial charge in [-0.2, -0.15) is 0 Å². The van der Waals surface area contributed by atoms with E-state index in [1.165, 1.54) is 0 Å². The Bertz CT molecular complexity index is 805. The lowest BCUT2D eigenvalue weighted by Gasteiger charge is -2.15. The van der Waals surface area contributed by atoms with Crippen LogP contribution in [0, 0.1) is 0 Å². The number of thioether (sulfide) groups is 1. The predicted molar refractivity (Wildman–Crippen MR) is 96.6 cm³/mol. The monoisotopic (exact) mass is 355 g/mol. The standard InChI is InChI=1S/C18H17N3O3S/c1-25-14-8-6-13(7-9-14)20-17(23)15-5-3-2-4-12(15)11-21-16(22)10-19-18(21)24/h2-9H,10-11H2,1H3,(H,19,24)(H,20,23). The van der Waals surface area contributed by atoms with E-state index >= 15 is 0 Å². The number of nitrogens with one attached hydrogen (secondary N) is 2. The first-order valence-corrected chi connectivity index (χ1v) is 8.92. The number of imide groups is 1. The van der Waals surface area contributed by atoms with E-state index in [0.29, 0.717) is 16.8 Å². The molecule has 2 N–H and O–H groups in total. The summed E-state index contributed by atoms with van der Waals surface area (Å²) >= 11 is 1.63. The minimum absolute atomic E-state index is 0.00497. The van der Waals surface area contributed by atoms with Crippen LogP contribution in [0.3, 0.4) is 0 Å². The van der Waals surface area contributed by atoms with E-state index in [-0.39, 0.29) is 24.9 Å². The SMILES string of the molecule is CSc1ccc(NC(=O)c2ccccc2CN2C(=O)CNC2=O)cc1. The molecule has 6 nitrogen and oxygen atoms in total. The second-order valence-electron chi connectivity index (χ2n) is 5.48. The lowest BCUT2D eigenvalue weighted by molar-refractivity contribution is -0.125. The van der Waals surface area contributed by atoms with E-state index in [1.807, 2.05) is 30.5 Å². The molecule has 2 aromatic carbocycles. The third-order valence-electron chi connectivity index (χ3n) is 3.88. The van der Waals surface area contributed by atoms with Gasteiger partial charge in [-0.05, 0) is 42.2 Å². The average molecular weight is 355 g/mol. The lowest BCUT2D eigenvalue weighted by Crippen LogP contribution is -2.31. The zero-order chi connectivity index (χ0) is 17.8. The zero-order valence-corrected chi connectivity index (χ0v) is 14.4. The summed E-state index contributed by atoms with van der Waals surface area (Å²) in [6.07, 6.45) is 1.99. The van der Waals surface area contributed by atoms with Gasteiger partial charge in [0.05, 0.1) is 13.1 Å². The van der Waals surface area contributed by atoms with Crippen molar-refractivity contribution in [3.63, 3.8) is 0 Å². The van der Waals surface area contributed by atoms with Crippen LogP contribution in [-0.4, -0.2) is 35.5 Å². The summed E-state index contributed by atoms with van der Waals surface area (Å²) in [5.41, 5.74) is 1.74. The predicted octanol–water partition coefficient (Wildman–Crippen LogP) is 2.71. The zero-order valence-electron chi connectivity index (χ0n) is 13.6. The van der Waals surface area contributed by atoms with Gasteiger partial charge in [-0.1, -0.05) is 18.2 Å². The van der Waals surface area contributed by atoms with Gasteiger partial charge in [0.25, 0.3) is 5.91 Å². The highest BCUT2D eigenvalue weighted by atomic mass is 32.2. The van der Waals surface area contributed by atoms with Crippen molar-refractivity contribution in [3.05, 3.63) is 59.7 Å². The number of carbonyl (C=O) groups excluding carboxylic acids is 3. The Labute approximate surface area is 149 Å². The molecule has 1 saturated heterocycles. The topological polar surface area (TPSA) is 78.5 Å². The van der Waals surface area contributed by atoms with Crippen molar-refractivity contribution in [2.24, 2.45) is 0 Å². The van der Waals surface area contributed by atoms with Gasteiger partial charge in [0.1, 0.15) is 0 Å². The molecule has 0 spiro atoms. The van der Waals surface area contributed by atoms with Crippen LogP contribution in [0.25, 0.3) is 0 Å². The van der Waals surface area contributed by atoms with Crippen molar-refractivity contribution in [2.45, 2.75) is 11.4 Å². The molecule has 1 fully saturated rings. The van der Waals surface area contributed by atoms with Gasteiger partial charge in [-0.25, -0.2) is 4.79 Å². The highest BCUT2D eigenvalue weighted by molar-refractivity contribution is 7.98. The fourth-order valence-electron chi connectivity index (χ4n) is 2.54. The lowest BCUT2D eigenvalue weighted by atomic mass is 10.1. The Morgan fingerprint density at radius 3 is 2.52 bits per heavy atom. The molecule has 128 valence electrons. The number of benzene rings is 2. The maximum absolute atomic E-state index is 12.6. The molecule has 1 aliphatic heterocycles. The normalized spacial score (nSPS) is 13.7. The number of nitrogens with zero attached hydrogens (tertiary/aromatic N) is 1. The number of carbonyl (C=O) groups is 3. The highest BCUT2D eigenvalue weighted by Gasteiger charge is 2.29. The summed E-state index contributed by atoms with van der Waals surface area (Å²) in [7, 11) is 0. The first kappa shape index (κ1) is 17.0. The quantitative estimate of drug-likeness (QED) is 0.638. The largest absolute Gasteiger partial charge is 0.329 e. The highest BCUT2D eigenvalue weighted by Crippen LogP contribution is 2.19. The number of hydrogen-bond acceptors (Lipinski definition) is 4. The van der Waals surface area contributed by atoms with Gasteiger partial charge in [-0.3, -0.25) is 14.5 Å². The molecule has 1 heterocycles. The summed E-state index contributed by atoms with van der Waals surface area (Å²) in [6, 6.07) is 14.0.